The number of thiazole rings is 1. The quantitative estimate of drug-likeness (QED) is 0.818. The minimum Gasteiger partial charge on any atom is -0.367 e. The Morgan fingerprint density at radius 2 is 2.00 bits per heavy atom. The van der Waals surface area contributed by atoms with Crippen LogP contribution >= 0.6 is 11.3 Å². The Morgan fingerprint density at radius 1 is 1.32 bits per heavy atom. The first-order valence-corrected chi connectivity index (χ1v) is 8.12. The lowest BCUT2D eigenvalue weighted by molar-refractivity contribution is -0.137. The van der Waals surface area contributed by atoms with Crippen molar-refractivity contribution in [3.8, 4) is 0 Å². The Hall–Kier alpha value is -1.72. The van der Waals surface area contributed by atoms with Gasteiger partial charge >= 0.3 is 0 Å². The lowest BCUT2D eigenvalue weighted by Gasteiger charge is -2.24. The second kappa shape index (κ2) is 7.51. The van der Waals surface area contributed by atoms with E-state index in [2.05, 4.69) is 4.98 Å². The maximum atomic E-state index is 12.2. The molecule has 1 atom stereocenters. The van der Waals surface area contributed by atoms with Crippen molar-refractivity contribution in [2.45, 2.75) is 33.4 Å². The Kier molecular flexibility index (Phi) is 5.69. The number of carbonyl (C=O) groups is 1. The minimum absolute atomic E-state index is 0.0338. The molecular weight excluding hydrogens is 296 g/mol. The summed E-state index contributed by atoms with van der Waals surface area (Å²) in [6.07, 6.45) is 0. The number of aromatic nitrogens is 1. The number of aryl methyl sites for hydroxylation is 2. The van der Waals surface area contributed by atoms with Gasteiger partial charge in [-0.2, -0.15) is 0 Å². The van der Waals surface area contributed by atoms with Crippen molar-refractivity contribution in [2.75, 3.05) is 13.7 Å². The van der Waals surface area contributed by atoms with E-state index in [4.69, 9.17) is 4.74 Å². The van der Waals surface area contributed by atoms with Crippen molar-refractivity contribution in [1.29, 1.82) is 0 Å². The van der Waals surface area contributed by atoms with Gasteiger partial charge in [0, 0.05) is 11.9 Å². The Labute approximate surface area is 135 Å². The topological polar surface area (TPSA) is 42.4 Å². The number of hydrogen-bond donors (Lipinski definition) is 0. The highest BCUT2D eigenvalue weighted by Gasteiger charge is 2.21. The zero-order valence-electron chi connectivity index (χ0n) is 13.5. The molecule has 0 fully saturated rings. The summed E-state index contributed by atoms with van der Waals surface area (Å²) in [5, 5.41) is 1.03. The third-order valence-electron chi connectivity index (χ3n) is 3.65. The van der Waals surface area contributed by atoms with E-state index in [1.54, 1.807) is 23.3 Å². The molecule has 0 radical (unpaired) electrons. The predicted octanol–water partition coefficient (Wildman–Crippen LogP) is 3.50. The fourth-order valence-corrected chi connectivity index (χ4v) is 3.17. The van der Waals surface area contributed by atoms with Gasteiger partial charge in [0.2, 0.25) is 5.91 Å². The molecule has 0 N–H and O–H groups in total. The lowest BCUT2D eigenvalue weighted by Crippen LogP contribution is -2.33. The highest BCUT2D eigenvalue weighted by molar-refractivity contribution is 7.11. The van der Waals surface area contributed by atoms with Crippen molar-refractivity contribution in [1.82, 2.24) is 9.88 Å². The molecule has 1 amide bonds. The average molecular weight is 318 g/mol. The van der Waals surface area contributed by atoms with E-state index in [9.17, 15) is 4.79 Å². The number of carbonyl (C=O) groups excluding carboxylic acids is 1. The molecule has 1 heterocycles. The van der Waals surface area contributed by atoms with Crippen molar-refractivity contribution in [3.05, 3.63) is 51.5 Å². The van der Waals surface area contributed by atoms with Crippen LogP contribution < -0.4 is 0 Å². The van der Waals surface area contributed by atoms with Gasteiger partial charge < -0.3 is 9.64 Å². The van der Waals surface area contributed by atoms with E-state index in [1.807, 2.05) is 51.1 Å². The minimum atomic E-state index is -0.0437. The van der Waals surface area contributed by atoms with Crippen molar-refractivity contribution >= 4 is 17.2 Å². The highest BCUT2D eigenvalue weighted by Crippen LogP contribution is 2.26. The lowest BCUT2D eigenvalue weighted by atomic mass is 10.2. The number of amides is 1. The number of hydrogen-bond acceptors (Lipinski definition) is 4. The van der Waals surface area contributed by atoms with Crippen molar-refractivity contribution in [2.24, 2.45) is 0 Å². The maximum Gasteiger partial charge on any atom is 0.248 e. The van der Waals surface area contributed by atoms with Crippen LogP contribution in [0.25, 0.3) is 0 Å². The van der Waals surface area contributed by atoms with Crippen LogP contribution in [-0.4, -0.2) is 29.4 Å². The first-order chi connectivity index (χ1) is 10.5. The SMILES string of the molecule is Cc1nc([C@H](C)N(C)C(=O)COCc2ccccc2)c(C)s1. The van der Waals surface area contributed by atoms with Gasteiger partial charge in [0.15, 0.2) is 0 Å². The first-order valence-electron chi connectivity index (χ1n) is 7.30. The standard InChI is InChI=1S/C17H22N2O2S/c1-12(17-13(2)22-14(3)18-17)19(4)16(20)11-21-10-15-8-6-5-7-9-15/h5-9,12H,10-11H2,1-4H3/t12-/m0/s1. The number of nitrogens with zero attached hydrogens (tertiary/aromatic N) is 2. The number of rotatable bonds is 6. The van der Waals surface area contributed by atoms with Crippen molar-refractivity contribution < 1.29 is 9.53 Å². The molecule has 1 aromatic carbocycles. The molecule has 0 aliphatic carbocycles. The van der Waals surface area contributed by atoms with Crippen molar-refractivity contribution in [3.63, 3.8) is 0 Å². The maximum absolute atomic E-state index is 12.2. The molecule has 0 saturated carbocycles. The molecule has 2 rings (SSSR count). The fraction of sp³-hybridized carbons (Fsp3) is 0.412. The zero-order chi connectivity index (χ0) is 16.1. The van der Waals surface area contributed by atoms with Gasteiger partial charge in [-0.15, -0.1) is 11.3 Å². The number of ether oxygens (including phenoxy) is 1. The molecule has 0 saturated heterocycles. The summed E-state index contributed by atoms with van der Waals surface area (Å²) in [5.74, 6) is -0.0338. The van der Waals surface area contributed by atoms with Gasteiger partial charge in [-0.1, -0.05) is 30.3 Å². The third-order valence-corrected chi connectivity index (χ3v) is 4.55. The molecule has 1 aromatic heterocycles. The summed E-state index contributed by atoms with van der Waals surface area (Å²) in [5.41, 5.74) is 2.04. The predicted molar refractivity (Wildman–Crippen MR) is 88.9 cm³/mol. The fourth-order valence-electron chi connectivity index (χ4n) is 2.26. The molecular formula is C17H22N2O2S. The Morgan fingerprint density at radius 3 is 2.59 bits per heavy atom. The van der Waals surface area contributed by atoms with Crippen LogP contribution in [0.15, 0.2) is 30.3 Å². The number of likely N-dealkylation sites (N-methyl/N-ethyl adjacent to an activating group) is 1. The normalized spacial score (nSPS) is 12.2. The largest absolute Gasteiger partial charge is 0.367 e. The van der Waals surface area contributed by atoms with E-state index < -0.39 is 0 Å². The second-order valence-corrected chi connectivity index (χ2v) is 6.74. The smallest absolute Gasteiger partial charge is 0.248 e. The Balaban J connectivity index is 1.87. The molecule has 0 aliphatic rings. The summed E-state index contributed by atoms with van der Waals surface area (Å²) in [6, 6.07) is 9.81. The molecule has 4 nitrogen and oxygen atoms in total. The van der Waals surface area contributed by atoms with Crippen LogP contribution in [0.2, 0.25) is 0 Å². The summed E-state index contributed by atoms with van der Waals surface area (Å²) < 4.78 is 5.52. The van der Waals surface area contributed by atoms with Crippen LogP contribution in [0, 0.1) is 13.8 Å². The van der Waals surface area contributed by atoms with Gasteiger partial charge in [0.1, 0.15) is 6.61 Å². The average Bonchev–Trinajstić information content (AvgIpc) is 2.85. The molecule has 0 unspecified atom stereocenters. The summed E-state index contributed by atoms with van der Waals surface area (Å²) in [6.45, 7) is 6.55. The molecule has 2 aromatic rings. The van der Waals surface area contributed by atoms with Gasteiger partial charge in [-0.25, -0.2) is 4.98 Å². The molecule has 118 valence electrons. The van der Waals surface area contributed by atoms with Crippen LogP contribution in [0.5, 0.6) is 0 Å². The highest BCUT2D eigenvalue weighted by atomic mass is 32.1. The molecule has 5 heteroatoms. The Bertz CT molecular complexity index is 625. The van der Waals surface area contributed by atoms with Crippen LogP contribution in [0.4, 0.5) is 0 Å². The van der Waals surface area contributed by atoms with E-state index in [0.29, 0.717) is 6.61 Å². The van der Waals surface area contributed by atoms with Crippen LogP contribution in [0.3, 0.4) is 0 Å². The van der Waals surface area contributed by atoms with E-state index in [1.165, 1.54) is 0 Å². The zero-order valence-corrected chi connectivity index (χ0v) is 14.3. The molecule has 0 spiro atoms. The van der Waals surface area contributed by atoms with E-state index >= 15 is 0 Å². The third kappa shape index (κ3) is 4.15. The van der Waals surface area contributed by atoms with Crippen LogP contribution in [-0.2, 0) is 16.1 Å². The van der Waals surface area contributed by atoms with Crippen LogP contribution in [0.1, 0.15) is 34.1 Å². The summed E-state index contributed by atoms with van der Waals surface area (Å²) in [7, 11) is 1.80. The molecule has 0 bridgehead atoms. The first kappa shape index (κ1) is 16.6. The van der Waals surface area contributed by atoms with E-state index in [-0.39, 0.29) is 18.6 Å². The van der Waals surface area contributed by atoms with Gasteiger partial charge in [-0.05, 0) is 26.3 Å². The molecule has 0 aliphatic heterocycles. The van der Waals surface area contributed by atoms with Gasteiger partial charge in [0.25, 0.3) is 0 Å². The number of benzene rings is 1. The second-order valence-electron chi connectivity index (χ2n) is 5.33. The van der Waals surface area contributed by atoms with Gasteiger partial charge in [0.05, 0.1) is 23.4 Å². The van der Waals surface area contributed by atoms with E-state index in [0.717, 1.165) is 21.1 Å². The van der Waals surface area contributed by atoms with Gasteiger partial charge in [-0.3, -0.25) is 4.79 Å². The summed E-state index contributed by atoms with van der Waals surface area (Å²) in [4.78, 5) is 19.6. The molecule has 22 heavy (non-hydrogen) atoms. The monoisotopic (exact) mass is 318 g/mol. The summed E-state index contributed by atoms with van der Waals surface area (Å²) >= 11 is 1.66.